The summed E-state index contributed by atoms with van der Waals surface area (Å²) >= 11 is 0. The van der Waals surface area contributed by atoms with E-state index in [-0.39, 0.29) is 5.91 Å². The second-order valence-corrected chi connectivity index (χ2v) is 4.01. The third-order valence-electron chi connectivity index (χ3n) is 2.68. The third kappa shape index (κ3) is 1.76. The minimum absolute atomic E-state index is 0.0261. The number of carbonyl (C=O) groups excluding carboxylic acids is 1. The highest BCUT2D eigenvalue weighted by Gasteiger charge is 2.30. The van der Waals surface area contributed by atoms with Crippen LogP contribution >= 0.6 is 0 Å². The third-order valence-corrected chi connectivity index (χ3v) is 2.68. The van der Waals surface area contributed by atoms with Crippen molar-refractivity contribution in [1.29, 1.82) is 0 Å². The predicted octanol–water partition coefficient (Wildman–Crippen LogP) is 1.07. The number of aryl methyl sites for hydroxylation is 1. The number of anilines is 1. The van der Waals surface area contributed by atoms with Crippen LogP contribution in [0.1, 0.15) is 12.5 Å². The summed E-state index contributed by atoms with van der Waals surface area (Å²) in [6.45, 7) is 4.74. The van der Waals surface area contributed by atoms with Crippen LogP contribution in [0.25, 0.3) is 0 Å². The maximum Gasteiger partial charge on any atom is 0.267 e. The molecular formula is C12H16N2O2. The van der Waals surface area contributed by atoms with Crippen LogP contribution < -0.4 is 15.4 Å². The van der Waals surface area contributed by atoms with Gasteiger partial charge in [0.2, 0.25) is 0 Å². The molecule has 2 N–H and O–H groups in total. The summed E-state index contributed by atoms with van der Waals surface area (Å²) in [5.41, 5.74) is 7.46. The molecule has 1 aliphatic heterocycles. The zero-order valence-electron chi connectivity index (χ0n) is 9.56. The zero-order valence-corrected chi connectivity index (χ0v) is 9.56. The van der Waals surface area contributed by atoms with E-state index >= 15 is 0 Å². The average molecular weight is 220 g/mol. The lowest BCUT2D eigenvalue weighted by atomic mass is 10.1. The molecule has 0 aliphatic carbocycles. The van der Waals surface area contributed by atoms with Crippen LogP contribution in [0.3, 0.4) is 0 Å². The Labute approximate surface area is 95.0 Å². The second kappa shape index (κ2) is 4.14. The van der Waals surface area contributed by atoms with E-state index in [1.165, 1.54) is 0 Å². The SMILES string of the molecule is Cc1ccc2c(c1)OC(C)C(=O)N2CCN. The van der Waals surface area contributed by atoms with E-state index in [4.69, 9.17) is 10.5 Å². The average Bonchev–Trinajstić information content (AvgIpc) is 2.24. The molecule has 0 fully saturated rings. The number of rotatable bonds is 2. The van der Waals surface area contributed by atoms with E-state index in [0.717, 1.165) is 17.0 Å². The molecule has 1 aromatic carbocycles. The van der Waals surface area contributed by atoms with Crippen LogP contribution in [-0.4, -0.2) is 25.1 Å². The van der Waals surface area contributed by atoms with Gasteiger partial charge in [-0.2, -0.15) is 0 Å². The van der Waals surface area contributed by atoms with E-state index in [1.54, 1.807) is 11.8 Å². The van der Waals surface area contributed by atoms with Gasteiger partial charge < -0.3 is 15.4 Å². The van der Waals surface area contributed by atoms with E-state index in [9.17, 15) is 4.79 Å². The first kappa shape index (κ1) is 11.0. The molecule has 0 saturated heterocycles. The second-order valence-electron chi connectivity index (χ2n) is 4.01. The minimum Gasteiger partial charge on any atom is -0.479 e. The highest BCUT2D eigenvalue weighted by molar-refractivity contribution is 5.99. The van der Waals surface area contributed by atoms with Gasteiger partial charge in [0.25, 0.3) is 5.91 Å². The van der Waals surface area contributed by atoms with Gasteiger partial charge in [-0.1, -0.05) is 6.07 Å². The van der Waals surface area contributed by atoms with Crippen molar-refractivity contribution in [2.45, 2.75) is 20.0 Å². The monoisotopic (exact) mass is 220 g/mol. The van der Waals surface area contributed by atoms with Crippen LogP contribution in [0, 0.1) is 6.92 Å². The highest BCUT2D eigenvalue weighted by Crippen LogP contribution is 2.34. The van der Waals surface area contributed by atoms with Gasteiger partial charge in [0.05, 0.1) is 5.69 Å². The lowest BCUT2D eigenvalue weighted by molar-refractivity contribution is -0.125. The minimum atomic E-state index is -0.430. The van der Waals surface area contributed by atoms with Crippen LogP contribution in [-0.2, 0) is 4.79 Å². The smallest absolute Gasteiger partial charge is 0.267 e. The fourth-order valence-corrected chi connectivity index (χ4v) is 1.88. The number of ether oxygens (including phenoxy) is 1. The summed E-state index contributed by atoms with van der Waals surface area (Å²) in [7, 11) is 0. The number of nitrogens with zero attached hydrogens (tertiary/aromatic N) is 1. The Morgan fingerprint density at radius 2 is 2.25 bits per heavy atom. The van der Waals surface area contributed by atoms with Gasteiger partial charge in [0, 0.05) is 13.1 Å². The number of hydrogen-bond acceptors (Lipinski definition) is 3. The summed E-state index contributed by atoms with van der Waals surface area (Å²) < 4.78 is 5.57. The molecule has 1 atom stereocenters. The summed E-state index contributed by atoms with van der Waals surface area (Å²) in [4.78, 5) is 13.6. The van der Waals surface area contributed by atoms with E-state index in [1.807, 2.05) is 25.1 Å². The molecule has 1 amide bonds. The van der Waals surface area contributed by atoms with Crippen LogP contribution in [0.15, 0.2) is 18.2 Å². The molecule has 1 unspecified atom stereocenters. The number of amides is 1. The molecule has 1 heterocycles. The largest absolute Gasteiger partial charge is 0.479 e. The first-order chi connectivity index (χ1) is 7.63. The van der Waals surface area contributed by atoms with E-state index in [0.29, 0.717) is 13.1 Å². The number of nitrogens with two attached hydrogens (primary N) is 1. The molecule has 4 nitrogen and oxygen atoms in total. The maximum absolute atomic E-state index is 11.9. The van der Waals surface area contributed by atoms with Gasteiger partial charge in [-0.15, -0.1) is 0 Å². The fraction of sp³-hybridized carbons (Fsp3) is 0.417. The van der Waals surface area contributed by atoms with Crippen molar-refractivity contribution in [3.63, 3.8) is 0 Å². The van der Waals surface area contributed by atoms with Crippen molar-refractivity contribution in [3.05, 3.63) is 23.8 Å². The summed E-state index contributed by atoms with van der Waals surface area (Å²) in [6.07, 6.45) is -0.430. The lowest BCUT2D eigenvalue weighted by Crippen LogP contribution is -2.46. The summed E-state index contributed by atoms with van der Waals surface area (Å²) in [5.74, 6) is 0.738. The number of benzene rings is 1. The van der Waals surface area contributed by atoms with Gasteiger partial charge >= 0.3 is 0 Å². The van der Waals surface area contributed by atoms with Crippen molar-refractivity contribution in [1.82, 2.24) is 0 Å². The lowest BCUT2D eigenvalue weighted by Gasteiger charge is -2.32. The summed E-state index contributed by atoms with van der Waals surface area (Å²) in [5, 5.41) is 0. The Morgan fingerprint density at radius 3 is 2.94 bits per heavy atom. The molecule has 0 radical (unpaired) electrons. The van der Waals surface area contributed by atoms with Crippen LogP contribution in [0.2, 0.25) is 0 Å². The van der Waals surface area contributed by atoms with Crippen LogP contribution in [0.4, 0.5) is 5.69 Å². The molecule has 1 aliphatic rings. The first-order valence-electron chi connectivity index (χ1n) is 5.42. The molecule has 0 bridgehead atoms. The quantitative estimate of drug-likeness (QED) is 0.811. The van der Waals surface area contributed by atoms with Gasteiger partial charge in [-0.05, 0) is 31.5 Å². The Morgan fingerprint density at radius 1 is 1.50 bits per heavy atom. The standard InChI is InChI=1S/C12H16N2O2/c1-8-3-4-10-11(7-8)16-9(2)12(15)14(10)6-5-13/h3-4,7,9H,5-6,13H2,1-2H3. The normalized spacial score (nSPS) is 19.3. The van der Waals surface area contributed by atoms with Crippen molar-refractivity contribution in [2.75, 3.05) is 18.0 Å². The van der Waals surface area contributed by atoms with Crippen molar-refractivity contribution in [3.8, 4) is 5.75 Å². The fourth-order valence-electron chi connectivity index (χ4n) is 1.88. The number of hydrogen-bond donors (Lipinski definition) is 1. The zero-order chi connectivity index (χ0) is 11.7. The van der Waals surface area contributed by atoms with Crippen LogP contribution in [0.5, 0.6) is 5.75 Å². The molecular weight excluding hydrogens is 204 g/mol. The molecule has 4 heteroatoms. The van der Waals surface area contributed by atoms with Gasteiger partial charge in [0.15, 0.2) is 6.10 Å². The highest BCUT2D eigenvalue weighted by atomic mass is 16.5. The molecule has 0 spiro atoms. The van der Waals surface area contributed by atoms with Crippen molar-refractivity contribution < 1.29 is 9.53 Å². The Balaban J connectivity index is 2.43. The molecule has 0 aromatic heterocycles. The number of carbonyl (C=O) groups is 1. The number of fused-ring (bicyclic) bond motifs is 1. The van der Waals surface area contributed by atoms with E-state index < -0.39 is 6.10 Å². The Hall–Kier alpha value is -1.55. The van der Waals surface area contributed by atoms with Crippen molar-refractivity contribution in [2.24, 2.45) is 5.73 Å². The maximum atomic E-state index is 11.9. The molecule has 2 rings (SSSR count). The van der Waals surface area contributed by atoms with E-state index in [2.05, 4.69) is 0 Å². The molecule has 86 valence electrons. The first-order valence-corrected chi connectivity index (χ1v) is 5.42. The van der Waals surface area contributed by atoms with Gasteiger partial charge in [-0.3, -0.25) is 4.79 Å². The topological polar surface area (TPSA) is 55.6 Å². The molecule has 0 saturated carbocycles. The molecule has 1 aromatic rings. The summed E-state index contributed by atoms with van der Waals surface area (Å²) in [6, 6.07) is 5.82. The van der Waals surface area contributed by atoms with Gasteiger partial charge in [-0.25, -0.2) is 0 Å². The Kier molecular flexibility index (Phi) is 2.83. The Bertz CT molecular complexity index is 417. The van der Waals surface area contributed by atoms with Crippen molar-refractivity contribution >= 4 is 11.6 Å². The predicted molar refractivity (Wildman–Crippen MR) is 62.7 cm³/mol. The molecule has 16 heavy (non-hydrogen) atoms. The van der Waals surface area contributed by atoms with Gasteiger partial charge in [0.1, 0.15) is 5.75 Å².